The van der Waals surface area contributed by atoms with E-state index in [4.69, 9.17) is 5.11 Å². The van der Waals surface area contributed by atoms with Crippen LogP contribution in [0.25, 0.3) is 0 Å². The Kier molecular flexibility index (Phi) is 5.29. The summed E-state index contributed by atoms with van der Waals surface area (Å²) in [4.78, 5) is 42.1. The Hall–Kier alpha value is -3.83. The smallest absolute Gasteiger partial charge is 0.353 e. The topological polar surface area (TPSA) is 165 Å². The molecule has 2 heterocycles. The Morgan fingerprint density at radius 3 is 2.50 bits per heavy atom. The monoisotopic (exact) mass is 388 g/mol. The molecule has 1 saturated heterocycles. The lowest BCUT2D eigenvalue weighted by Gasteiger charge is -2.30. The number of carbonyl (C=O) groups is 1. The second-order valence-corrected chi connectivity index (χ2v) is 6.18. The van der Waals surface area contributed by atoms with Crippen molar-refractivity contribution in [3.63, 3.8) is 0 Å². The van der Waals surface area contributed by atoms with Gasteiger partial charge in [-0.15, -0.1) is 0 Å². The first kappa shape index (κ1) is 18.9. The van der Waals surface area contributed by atoms with Gasteiger partial charge in [-0.2, -0.15) is 0 Å². The van der Waals surface area contributed by atoms with Crippen molar-refractivity contribution >= 4 is 34.7 Å². The maximum atomic E-state index is 11.7. The molecule has 3 rings (SSSR count). The molecule has 0 aliphatic carbocycles. The molecule has 0 unspecified atom stereocenters. The minimum atomic E-state index is -0.884. The lowest BCUT2D eigenvalue weighted by Crippen LogP contribution is -2.37. The van der Waals surface area contributed by atoms with Crippen molar-refractivity contribution in [3.05, 3.63) is 50.8 Å². The summed E-state index contributed by atoms with van der Waals surface area (Å²) in [7, 11) is 0. The minimum Gasteiger partial charge on any atom is -0.481 e. The standard InChI is InChI=1S/C16H16N6O6/c23-16(24)10-4-6-20(7-5-10)15-13(22(27)28)14(17-9-18-15)19-11-2-1-3-12(8-11)21(25)26/h1-3,8-10H,4-7H2,(H,23,24)(H,17,18,19). The highest BCUT2D eigenvalue weighted by atomic mass is 16.6. The van der Waals surface area contributed by atoms with Gasteiger partial charge in [-0.3, -0.25) is 25.0 Å². The van der Waals surface area contributed by atoms with E-state index in [1.165, 1.54) is 24.3 Å². The number of piperidine rings is 1. The fraction of sp³-hybridized carbons (Fsp3) is 0.312. The van der Waals surface area contributed by atoms with Crippen molar-refractivity contribution in [2.24, 2.45) is 5.92 Å². The van der Waals surface area contributed by atoms with Crippen molar-refractivity contribution in [1.29, 1.82) is 0 Å². The molecule has 1 fully saturated rings. The predicted octanol–water partition coefficient (Wildman–Crippen LogP) is 2.34. The molecule has 1 aliphatic heterocycles. The van der Waals surface area contributed by atoms with Crippen molar-refractivity contribution in [1.82, 2.24) is 9.97 Å². The van der Waals surface area contributed by atoms with E-state index in [1.54, 1.807) is 4.90 Å². The summed E-state index contributed by atoms with van der Waals surface area (Å²) in [5.74, 6) is -1.39. The number of nitrogens with one attached hydrogen (secondary N) is 1. The molecule has 0 radical (unpaired) electrons. The Morgan fingerprint density at radius 1 is 1.18 bits per heavy atom. The summed E-state index contributed by atoms with van der Waals surface area (Å²) in [5.41, 5.74) is -0.271. The summed E-state index contributed by atoms with van der Waals surface area (Å²) >= 11 is 0. The molecule has 1 aromatic carbocycles. The van der Waals surface area contributed by atoms with Gasteiger partial charge in [0.1, 0.15) is 6.33 Å². The van der Waals surface area contributed by atoms with E-state index in [0.29, 0.717) is 25.9 Å². The van der Waals surface area contributed by atoms with Crippen LogP contribution in [0.5, 0.6) is 0 Å². The molecule has 2 N–H and O–H groups in total. The van der Waals surface area contributed by atoms with Crippen LogP contribution >= 0.6 is 0 Å². The zero-order chi connectivity index (χ0) is 20.3. The highest BCUT2D eigenvalue weighted by molar-refractivity contribution is 5.75. The molecule has 0 saturated carbocycles. The summed E-state index contributed by atoms with van der Waals surface area (Å²) < 4.78 is 0. The maximum absolute atomic E-state index is 11.7. The number of rotatable bonds is 6. The van der Waals surface area contributed by atoms with Crippen LogP contribution in [0.4, 0.5) is 28.7 Å². The molecule has 0 spiro atoms. The number of anilines is 3. The van der Waals surface area contributed by atoms with Gasteiger partial charge < -0.3 is 15.3 Å². The van der Waals surface area contributed by atoms with Gasteiger partial charge in [0.05, 0.1) is 15.8 Å². The van der Waals surface area contributed by atoms with E-state index >= 15 is 0 Å². The number of non-ortho nitro benzene ring substituents is 1. The quantitative estimate of drug-likeness (QED) is 0.554. The first-order chi connectivity index (χ1) is 13.4. The Bertz CT molecular complexity index is 928. The molecule has 1 aliphatic rings. The summed E-state index contributed by atoms with van der Waals surface area (Å²) in [6, 6.07) is 5.52. The van der Waals surface area contributed by atoms with Gasteiger partial charge in [-0.05, 0) is 18.9 Å². The van der Waals surface area contributed by atoms with Gasteiger partial charge in [-0.1, -0.05) is 6.07 Å². The fourth-order valence-electron chi connectivity index (χ4n) is 3.03. The van der Waals surface area contributed by atoms with E-state index in [-0.39, 0.29) is 28.7 Å². The number of carboxylic acid groups (broad SMARTS) is 1. The lowest BCUT2D eigenvalue weighted by atomic mass is 9.97. The van der Waals surface area contributed by atoms with E-state index in [1.807, 2.05) is 0 Å². The number of aliphatic carboxylic acids is 1. The molecule has 146 valence electrons. The molecular weight excluding hydrogens is 372 g/mol. The van der Waals surface area contributed by atoms with Crippen LogP contribution in [0.3, 0.4) is 0 Å². The molecule has 0 amide bonds. The average Bonchev–Trinajstić information content (AvgIpc) is 2.68. The number of nitro groups is 2. The molecule has 12 nitrogen and oxygen atoms in total. The first-order valence-corrected chi connectivity index (χ1v) is 8.35. The Morgan fingerprint density at radius 2 is 1.89 bits per heavy atom. The third-order valence-corrected chi connectivity index (χ3v) is 4.45. The van der Waals surface area contributed by atoms with E-state index < -0.39 is 21.7 Å². The number of aromatic nitrogens is 2. The van der Waals surface area contributed by atoms with Crippen LogP contribution in [0.1, 0.15) is 12.8 Å². The number of hydrogen-bond donors (Lipinski definition) is 2. The normalized spacial score (nSPS) is 14.5. The summed E-state index contributed by atoms with van der Waals surface area (Å²) in [6.07, 6.45) is 1.86. The Labute approximate surface area is 158 Å². The second kappa shape index (κ2) is 7.82. The minimum absolute atomic E-state index is 0.0803. The second-order valence-electron chi connectivity index (χ2n) is 6.18. The highest BCUT2D eigenvalue weighted by Crippen LogP contribution is 2.35. The molecule has 12 heteroatoms. The highest BCUT2D eigenvalue weighted by Gasteiger charge is 2.31. The van der Waals surface area contributed by atoms with Crippen LogP contribution in [0.2, 0.25) is 0 Å². The third kappa shape index (κ3) is 3.95. The van der Waals surface area contributed by atoms with Gasteiger partial charge in [0.15, 0.2) is 0 Å². The van der Waals surface area contributed by atoms with Gasteiger partial charge in [0.25, 0.3) is 5.69 Å². The number of nitro benzene ring substituents is 1. The van der Waals surface area contributed by atoms with Crippen LogP contribution in [0, 0.1) is 26.1 Å². The van der Waals surface area contributed by atoms with Crippen LogP contribution in [-0.2, 0) is 4.79 Å². The molecular formula is C16H16N6O6. The lowest BCUT2D eigenvalue weighted by molar-refractivity contribution is -0.384. The van der Waals surface area contributed by atoms with Gasteiger partial charge in [0.2, 0.25) is 11.6 Å². The third-order valence-electron chi connectivity index (χ3n) is 4.45. The maximum Gasteiger partial charge on any atom is 0.353 e. The zero-order valence-corrected chi connectivity index (χ0v) is 14.5. The fourth-order valence-corrected chi connectivity index (χ4v) is 3.03. The molecule has 28 heavy (non-hydrogen) atoms. The van der Waals surface area contributed by atoms with E-state index in [9.17, 15) is 25.0 Å². The molecule has 1 aromatic heterocycles. The van der Waals surface area contributed by atoms with Gasteiger partial charge >= 0.3 is 11.7 Å². The van der Waals surface area contributed by atoms with Crippen LogP contribution < -0.4 is 10.2 Å². The molecule has 0 bridgehead atoms. The van der Waals surface area contributed by atoms with E-state index in [0.717, 1.165) is 6.33 Å². The van der Waals surface area contributed by atoms with Crippen LogP contribution in [-0.4, -0.2) is 44.0 Å². The van der Waals surface area contributed by atoms with Crippen molar-refractivity contribution in [2.45, 2.75) is 12.8 Å². The van der Waals surface area contributed by atoms with Gasteiger partial charge in [0, 0.05) is 30.9 Å². The van der Waals surface area contributed by atoms with Crippen molar-refractivity contribution < 1.29 is 19.7 Å². The van der Waals surface area contributed by atoms with E-state index in [2.05, 4.69) is 15.3 Å². The Balaban J connectivity index is 1.90. The largest absolute Gasteiger partial charge is 0.481 e. The van der Waals surface area contributed by atoms with Crippen molar-refractivity contribution in [2.75, 3.05) is 23.3 Å². The number of nitrogens with zero attached hydrogens (tertiary/aromatic N) is 5. The number of hydrogen-bond acceptors (Lipinski definition) is 9. The molecule has 2 aromatic rings. The van der Waals surface area contributed by atoms with Crippen molar-refractivity contribution in [3.8, 4) is 0 Å². The summed E-state index contributed by atoms with van der Waals surface area (Å²) in [6.45, 7) is 0.621. The first-order valence-electron chi connectivity index (χ1n) is 8.35. The molecule has 0 atom stereocenters. The summed E-state index contributed by atoms with van der Waals surface area (Å²) in [5, 5.41) is 34.4. The SMILES string of the molecule is O=C(O)C1CCN(c2ncnc(Nc3cccc([N+](=O)[O-])c3)c2[N+](=O)[O-])CC1. The van der Waals surface area contributed by atoms with Crippen LogP contribution in [0.15, 0.2) is 30.6 Å². The number of benzene rings is 1. The number of carboxylic acids is 1. The predicted molar refractivity (Wildman–Crippen MR) is 97.6 cm³/mol. The van der Waals surface area contributed by atoms with Gasteiger partial charge in [-0.25, -0.2) is 9.97 Å². The zero-order valence-electron chi connectivity index (χ0n) is 14.5. The average molecular weight is 388 g/mol.